The van der Waals surface area contributed by atoms with Gasteiger partial charge in [0.05, 0.1) is 12.0 Å². The van der Waals surface area contributed by atoms with Gasteiger partial charge in [0.1, 0.15) is 0 Å². The first-order valence-electron chi connectivity index (χ1n) is 7.41. The number of carboxylic acids is 2. The molecule has 0 saturated heterocycles. The first kappa shape index (κ1) is 14.8. The average molecular weight is 279 g/mol. The minimum absolute atomic E-state index is 0.177. The summed E-state index contributed by atoms with van der Waals surface area (Å²) in [6.07, 6.45) is 6.38. The molecule has 2 saturated carbocycles. The van der Waals surface area contributed by atoms with Crippen molar-refractivity contribution in [2.75, 3.05) is 0 Å². The summed E-state index contributed by atoms with van der Waals surface area (Å²) in [5.74, 6) is -3.94. The molecule has 2 N–H and O–H groups in total. The molecular weight excluding hydrogens is 258 g/mol. The Hall–Kier alpha value is -1.57. The number of rotatable bonds is 5. The lowest BCUT2D eigenvalue weighted by molar-refractivity contribution is -0.165. The van der Waals surface area contributed by atoms with Gasteiger partial charge >= 0.3 is 11.9 Å². The van der Waals surface area contributed by atoms with E-state index in [1.54, 1.807) is 0 Å². The molecule has 5 heteroatoms. The summed E-state index contributed by atoms with van der Waals surface area (Å²) in [5.41, 5.74) is -1.75. The maximum absolute atomic E-state index is 11.9. The van der Waals surface area contributed by atoms with Crippen molar-refractivity contribution < 1.29 is 19.8 Å². The molecule has 0 aromatic heterocycles. The van der Waals surface area contributed by atoms with Crippen LogP contribution in [-0.2, 0) is 9.59 Å². The van der Waals surface area contributed by atoms with Gasteiger partial charge in [0.2, 0.25) is 0 Å². The average Bonchev–Trinajstić information content (AvgIpc) is 3.07. The Bertz CT molecular complexity index is 430. The molecule has 20 heavy (non-hydrogen) atoms. The van der Waals surface area contributed by atoms with Crippen molar-refractivity contribution >= 4 is 11.9 Å². The number of carboxylic acid groups (broad SMARTS) is 2. The van der Waals surface area contributed by atoms with Crippen molar-refractivity contribution in [1.82, 2.24) is 0 Å². The van der Waals surface area contributed by atoms with Gasteiger partial charge in [0.25, 0.3) is 0 Å². The van der Waals surface area contributed by atoms with E-state index in [1.165, 1.54) is 0 Å². The fourth-order valence-corrected chi connectivity index (χ4v) is 4.21. The summed E-state index contributed by atoms with van der Waals surface area (Å²) in [5, 5.41) is 28.9. The smallest absolute Gasteiger partial charge is 0.325 e. The van der Waals surface area contributed by atoms with E-state index in [-0.39, 0.29) is 11.8 Å². The van der Waals surface area contributed by atoms with Crippen LogP contribution in [0.3, 0.4) is 0 Å². The molecule has 2 unspecified atom stereocenters. The number of hydrogen-bond acceptors (Lipinski definition) is 3. The van der Waals surface area contributed by atoms with E-state index in [0.717, 1.165) is 38.5 Å². The van der Waals surface area contributed by atoms with Crippen molar-refractivity contribution in [3.05, 3.63) is 0 Å². The molecule has 2 atom stereocenters. The van der Waals surface area contributed by atoms with Crippen LogP contribution in [0.1, 0.15) is 51.4 Å². The molecule has 5 nitrogen and oxygen atoms in total. The first-order chi connectivity index (χ1) is 9.54. The molecule has 0 heterocycles. The summed E-state index contributed by atoms with van der Waals surface area (Å²) < 4.78 is 0. The van der Waals surface area contributed by atoms with Gasteiger partial charge in [-0.25, -0.2) is 0 Å². The highest BCUT2D eigenvalue weighted by atomic mass is 16.4. The summed E-state index contributed by atoms with van der Waals surface area (Å²) in [6.45, 7) is 0. The van der Waals surface area contributed by atoms with Crippen LogP contribution in [-0.4, -0.2) is 22.2 Å². The second-order valence-corrected chi connectivity index (χ2v) is 6.13. The quantitative estimate of drug-likeness (QED) is 0.806. The topological polar surface area (TPSA) is 98.4 Å². The van der Waals surface area contributed by atoms with E-state index in [1.807, 2.05) is 6.07 Å². The minimum Gasteiger partial charge on any atom is -0.481 e. The van der Waals surface area contributed by atoms with Gasteiger partial charge in [-0.3, -0.25) is 9.59 Å². The van der Waals surface area contributed by atoms with Gasteiger partial charge in [-0.15, -0.1) is 0 Å². The molecule has 0 spiro atoms. The van der Waals surface area contributed by atoms with Gasteiger partial charge in [-0.1, -0.05) is 25.7 Å². The zero-order valence-electron chi connectivity index (χ0n) is 11.5. The number of nitriles is 1. The Labute approximate surface area is 118 Å². The van der Waals surface area contributed by atoms with Crippen molar-refractivity contribution in [2.45, 2.75) is 51.4 Å². The second kappa shape index (κ2) is 5.82. The van der Waals surface area contributed by atoms with Gasteiger partial charge in [-0.05, 0) is 37.5 Å². The number of hydrogen-bond donors (Lipinski definition) is 2. The molecule has 2 rings (SSSR count). The van der Waals surface area contributed by atoms with Crippen LogP contribution in [0, 0.1) is 34.5 Å². The molecule has 2 fully saturated rings. The first-order valence-corrected chi connectivity index (χ1v) is 7.41. The molecule has 0 bridgehead atoms. The predicted octanol–water partition coefficient (Wildman–Crippen LogP) is 2.66. The van der Waals surface area contributed by atoms with Crippen molar-refractivity contribution in [3.8, 4) is 6.07 Å². The summed E-state index contributed by atoms with van der Waals surface area (Å²) >= 11 is 0. The third-order valence-corrected chi connectivity index (χ3v) is 5.17. The molecule has 0 radical (unpaired) electrons. The van der Waals surface area contributed by atoms with Crippen LogP contribution < -0.4 is 0 Å². The fraction of sp³-hybridized carbons (Fsp3) is 0.800. The van der Waals surface area contributed by atoms with Crippen LogP contribution in [0.4, 0.5) is 0 Å². The fourth-order valence-electron chi connectivity index (χ4n) is 4.21. The van der Waals surface area contributed by atoms with Crippen LogP contribution >= 0.6 is 0 Å². The van der Waals surface area contributed by atoms with E-state index < -0.39 is 23.3 Å². The third kappa shape index (κ3) is 2.28. The monoisotopic (exact) mass is 279 g/mol. The molecular formula is C15H21NO4. The second-order valence-electron chi connectivity index (χ2n) is 6.13. The predicted molar refractivity (Wildman–Crippen MR) is 70.7 cm³/mol. The minimum atomic E-state index is -1.75. The van der Waals surface area contributed by atoms with Gasteiger partial charge in [0.15, 0.2) is 5.41 Å². The summed E-state index contributed by atoms with van der Waals surface area (Å²) in [6, 6.07) is 1.93. The lowest BCUT2D eigenvalue weighted by Crippen LogP contribution is -2.49. The van der Waals surface area contributed by atoms with Crippen LogP contribution in [0.25, 0.3) is 0 Å². The van der Waals surface area contributed by atoms with E-state index in [2.05, 4.69) is 0 Å². The Morgan fingerprint density at radius 3 is 1.95 bits per heavy atom. The Morgan fingerprint density at radius 2 is 1.55 bits per heavy atom. The van der Waals surface area contributed by atoms with E-state index in [9.17, 15) is 25.1 Å². The normalized spacial score (nSPS) is 24.9. The standard InChI is InChI=1S/C15H21NO4/c16-9-15(14(19)20,11-7-3-4-8-11)12(13(17)18)10-5-1-2-6-10/h10-12H,1-8H2,(H,17,18)(H,19,20). The van der Waals surface area contributed by atoms with Crippen LogP contribution in [0.5, 0.6) is 0 Å². The zero-order valence-corrected chi connectivity index (χ0v) is 11.5. The maximum Gasteiger partial charge on any atom is 0.325 e. The van der Waals surface area contributed by atoms with Crippen molar-refractivity contribution in [1.29, 1.82) is 5.26 Å². The van der Waals surface area contributed by atoms with Gasteiger partial charge in [0, 0.05) is 0 Å². The number of aliphatic carboxylic acids is 2. The largest absolute Gasteiger partial charge is 0.481 e. The van der Waals surface area contributed by atoms with Crippen LogP contribution in [0.15, 0.2) is 0 Å². The molecule has 0 aromatic rings. The Kier molecular flexibility index (Phi) is 4.32. The highest BCUT2D eigenvalue weighted by molar-refractivity contribution is 5.86. The molecule has 2 aliphatic carbocycles. The molecule has 110 valence electrons. The highest BCUT2D eigenvalue weighted by Gasteiger charge is 2.58. The van der Waals surface area contributed by atoms with Crippen LogP contribution in [0.2, 0.25) is 0 Å². The lowest BCUT2D eigenvalue weighted by Gasteiger charge is -2.36. The highest BCUT2D eigenvalue weighted by Crippen LogP contribution is 2.50. The molecule has 0 aromatic carbocycles. The zero-order chi connectivity index (χ0) is 14.8. The maximum atomic E-state index is 11.9. The third-order valence-electron chi connectivity index (χ3n) is 5.17. The van der Waals surface area contributed by atoms with E-state index >= 15 is 0 Å². The molecule has 0 aliphatic heterocycles. The number of carbonyl (C=O) groups is 2. The van der Waals surface area contributed by atoms with Gasteiger partial charge < -0.3 is 10.2 Å². The van der Waals surface area contributed by atoms with Crippen molar-refractivity contribution in [3.63, 3.8) is 0 Å². The molecule has 2 aliphatic rings. The summed E-state index contributed by atoms with van der Waals surface area (Å²) in [4.78, 5) is 23.6. The Balaban J connectivity index is 2.43. The lowest BCUT2D eigenvalue weighted by atomic mass is 9.62. The SMILES string of the molecule is N#CC(C(=O)O)(C1CCCC1)C(C(=O)O)C1CCCC1. The summed E-state index contributed by atoms with van der Waals surface area (Å²) in [7, 11) is 0. The number of nitrogens with zero attached hydrogens (tertiary/aromatic N) is 1. The van der Waals surface area contributed by atoms with Crippen molar-refractivity contribution in [2.24, 2.45) is 23.2 Å². The van der Waals surface area contributed by atoms with Gasteiger partial charge in [-0.2, -0.15) is 5.26 Å². The molecule has 0 amide bonds. The Morgan fingerprint density at radius 1 is 1.05 bits per heavy atom. The van der Waals surface area contributed by atoms with E-state index in [0.29, 0.717) is 12.8 Å². The van der Waals surface area contributed by atoms with E-state index in [4.69, 9.17) is 0 Å².